The summed E-state index contributed by atoms with van der Waals surface area (Å²) in [5, 5.41) is 16.3. The van der Waals surface area contributed by atoms with E-state index in [2.05, 4.69) is 36.2 Å². The summed E-state index contributed by atoms with van der Waals surface area (Å²) >= 11 is 4.59. The largest absolute Gasteiger partial charge is 0.470 e. The van der Waals surface area contributed by atoms with E-state index < -0.39 is 16.9 Å². The zero-order valence-corrected chi connectivity index (χ0v) is 16.8. The van der Waals surface area contributed by atoms with Gasteiger partial charge in [-0.3, -0.25) is 9.78 Å². The van der Waals surface area contributed by atoms with E-state index in [9.17, 15) is 10.1 Å². The molecule has 2 unspecified atom stereocenters. The maximum Gasteiger partial charge on any atom is 0.273 e. The molecule has 0 saturated carbocycles. The molecule has 0 aliphatic heterocycles. The Bertz CT molecular complexity index is 871. The lowest BCUT2D eigenvalue weighted by Gasteiger charge is -2.22. The highest BCUT2D eigenvalue weighted by molar-refractivity contribution is 9.10. The van der Waals surface area contributed by atoms with E-state index in [-0.39, 0.29) is 0 Å². The Morgan fingerprint density at radius 3 is 2.96 bits per heavy atom. The zero-order chi connectivity index (χ0) is 19.2. The second-order valence-electron chi connectivity index (χ2n) is 5.41. The highest BCUT2D eigenvalue weighted by Gasteiger charge is 2.29. The van der Waals surface area contributed by atoms with Crippen molar-refractivity contribution in [3.63, 3.8) is 0 Å². The number of oxime groups is 1. The van der Waals surface area contributed by atoms with Gasteiger partial charge in [-0.1, -0.05) is 5.16 Å². The number of ether oxygens (including phenoxy) is 1. The Labute approximate surface area is 163 Å². The van der Waals surface area contributed by atoms with Gasteiger partial charge in [-0.25, -0.2) is 0 Å². The number of hydrogen-bond acceptors (Lipinski definition) is 7. The third-order valence-corrected chi connectivity index (χ3v) is 4.49. The number of aromatic nitrogens is 1. The predicted molar refractivity (Wildman–Crippen MR) is 105 cm³/mol. The average molecular weight is 437 g/mol. The Hall–Kier alpha value is -2.31. The number of thioether (sulfide) groups is 1. The van der Waals surface area contributed by atoms with Crippen LogP contribution in [0.1, 0.15) is 6.92 Å². The number of carbonyl (C=O) groups is 1. The number of nitrogens with one attached hydrogen (secondary N) is 1. The van der Waals surface area contributed by atoms with Gasteiger partial charge in [0.25, 0.3) is 5.91 Å². The first-order valence-corrected chi connectivity index (χ1v) is 9.54. The molecule has 2 atom stereocenters. The number of nitriles is 1. The van der Waals surface area contributed by atoms with Gasteiger partial charge in [-0.15, -0.1) is 11.8 Å². The molecule has 2 aromatic rings. The van der Waals surface area contributed by atoms with Crippen LogP contribution in [0.3, 0.4) is 0 Å². The monoisotopic (exact) mass is 436 g/mol. The summed E-state index contributed by atoms with van der Waals surface area (Å²) in [5.74, 6) is 0.0766. The molecule has 1 aromatic carbocycles. The van der Waals surface area contributed by atoms with Crippen LogP contribution in [-0.4, -0.2) is 41.4 Å². The van der Waals surface area contributed by atoms with E-state index in [0.29, 0.717) is 5.75 Å². The molecule has 7 nitrogen and oxygen atoms in total. The highest BCUT2D eigenvalue weighted by atomic mass is 79.9. The molecule has 1 heterocycles. The van der Waals surface area contributed by atoms with Crippen molar-refractivity contribution >= 4 is 50.7 Å². The Kier molecular flexibility index (Phi) is 6.83. The molecule has 2 rings (SSSR count). The Morgan fingerprint density at radius 2 is 2.31 bits per heavy atom. The van der Waals surface area contributed by atoms with Crippen molar-refractivity contribution in [1.82, 2.24) is 10.3 Å². The number of benzene rings is 1. The molecule has 1 amide bonds. The second-order valence-corrected chi connectivity index (χ2v) is 7.23. The van der Waals surface area contributed by atoms with Crippen molar-refractivity contribution in [2.45, 2.75) is 17.9 Å². The minimum absolute atomic E-state index is 0.448. The number of nitrogens with zero attached hydrogens (tertiary/aromatic N) is 3. The Morgan fingerprint density at radius 1 is 1.54 bits per heavy atom. The van der Waals surface area contributed by atoms with Crippen molar-refractivity contribution in [2.75, 3.05) is 13.4 Å². The van der Waals surface area contributed by atoms with E-state index in [0.717, 1.165) is 15.4 Å². The third-order valence-electron chi connectivity index (χ3n) is 3.32. The average Bonchev–Trinajstić information content (AvgIpc) is 2.63. The lowest BCUT2D eigenvalue weighted by molar-refractivity contribution is -0.125. The van der Waals surface area contributed by atoms with Gasteiger partial charge >= 0.3 is 0 Å². The van der Waals surface area contributed by atoms with Crippen molar-refractivity contribution in [3.8, 4) is 11.8 Å². The minimum atomic E-state index is -1.30. The number of rotatable bonds is 7. The van der Waals surface area contributed by atoms with E-state index in [4.69, 9.17) is 4.74 Å². The first-order chi connectivity index (χ1) is 12.4. The second kappa shape index (κ2) is 8.87. The summed E-state index contributed by atoms with van der Waals surface area (Å²) in [6.45, 7) is 1.52. The van der Waals surface area contributed by atoms with Crippen LogP contribution in [0.2, 0.25) is 0 Å². The van der Waals surface area contributed by atoms with E-state index in [1.807, 2.05) is 18.2 Å². The molecule has 0 aliphatic carbocycles. The molecule has 0 radical (unpaired) electrons. The summed E-state index contributed by atoms with van der Waals surface area (Å²) in [7, 11) is 1.36. The number of halogens is 1. The van der Waals surface area contributed by atoms with Gasteiger partial charge in [0.15, 0.2) is 5.54 Å². The summed E-state index contributed by atoms with van der Waals surface area (Å²) in [5.41, 5.74) is -1.32. The van der Waals surface area contributed by atoms with E-state index in [1.54, 1.807) is 24.6 Å². The molecule has 0 fully saturated rings. The maximum absolute atomic E-state index is 12.5. The molecule has 0 bridgehead atoms. The summed E-state index contributed by atoms with van der Waals surface area (Å²) in [6.07, 6.45) is 4.68. The fraction of sp³-hybridized carbons (Fsp3) is 0.294. The van der Waals surface area contributed by atoms with Crippen LogP contribution >= 0.6 is 27.7 Å². The number of hydrogen-bond donors (Lipinski definition) is 1. The van der Waals surface area contributed by atoms with Crippen LogP contribution in [0.25, 0.3) is 10.9 Å². The number of fused-ring (bicyclic) bond motifs is 1. The van der Waals surface area contributed by atoms with Crippen molar-refractivity contribution in [2.24, 2.45) is 5.16 Å². The smallest absolute Gasteiger partial charge is 0.273 e. The zero-order valence-electron chi connectivity index (χ0n) is 14.4. The van der Waals surface area contributed by atoms with Crippen LogP contribution in [0.15, 0.2) is 40.1 Å². The van der Waals surface area contributed by atoms with Gasteiger partial charge in [0.05, 0.1) is 17.8 Å². The summed E-state index contributed by atoms with van der Waals surface area (Å²) in [4.78, 5) is 21.4. The fourth-order valence-corrected chi connectivity index (χ4v) is 2.88. The van der Waals surface area contributed by atoms with Crippen molar-refractivity contribution < 1.29 is 14.4 Å². The van der Waals surface area contributed by atoms with Gasteiger partial charge in [-0.2, -0.15) is 5.26 Å². The van der Waals surface area contributed by atoms with Gasteiger partial charge in [0, 0.05) is 16.1 Å². The van der Waals surface area contributed by atoms with Crippen molar-refractivity contribution in [1.29, 1.82) is 5.26 Å². The SMILES string of the molecule is CON=CC(C)(C#N)NC(=O)C(Oc1ccc2ncc(Br)cc2c1)SC. The minimum Gasteiger partial charge on any atom is -0.470 e. The molecule has 9 heteroatoms. The van der Waals surface area contributed by atoms with Crippen LogP contribution in [0.5, 0.6) is 5.75 Å². The first kappa shape index (κ1) is 20.0. The Balaban J connectivity index is 2.16. The quantitative estimate of drug-likeness (QED) is 0.406. The molecule has 0 aliphatic rings. The van der Waals surface area contributed by atoms with E-state index in [1.165, 1.54) is 32.0 Å². The van der Waals surface area contributed by atoms with Gasteiger partial charge in [-0.05, 0) is 53.4 Å². The molecule has 0 spiro atoms. The molecule has 26 heavy (non-hydrogen) atoms. The fourth-order valence-electron chi connectivity index (χ4n) is 2.05. The van der Waals surface area contributed by atoms with Gasteiger partial charge < -0.3 is 14.9 Å². The predicted octanol–water partition coefficient (Wildman–Crippen LogP) is 3.10. The standard InChI is InChI=1S/C17H17BrN4O3S/c1-17(9-19,10-21-24-2)22-15(23)16(26-3)25-13-4-5-14-11(7-13)6-12(18)8-20-14/h4-8,10,16H,1-3H3,(H,22,23). The normalized spacial score (nSPS) is 14.4. The summed E-state index contributed by atoms with van der Waals surface area (Å²) < 4.78 is 6.64. The molecule has 1 aromatic heterocycles. The molecular formula is C17H17BrN4O3S. The number of carbonyl (C=O) groups excluding carboxylic acids is 1. The van der Waals surface area contributed by atoms with Crippen LogP contribution in [0, 0.1) is 11.3 Å². The van der Waals surface area contributed by atoms with Crippen LogP contribution in [-0.2, 0) is 9.63 Å². The van der Waals surface area contributed by atoms with Crippen molar-refractivity contribution in [3.05, 3.63) is 34.9 Å². The topological polar surface area (TPSA) is 96.6 Å². The lowest BCUT2D eigenvalue weighted by atomic mass is 10.1. The number of pyridine rings is 1. The van der Waals surface area contributed by atoms with Crippen LogP contribution < -0.4 is 10.1 Å². The molecule has 1 N–H and O–H groups in total. The molecule has 136 valence electrons. The highest BCUT2D eigenvalue weighted by Crippen LogP contribution is 2.24. The maximum atomic E-state index is 12.5. The first-order valence-electron chi connectivity index (χ1n) is 7.46. The van der Waals surface area contributed by atoms with Crippen LogP contribution in [0.4, 0.5) is 0 Å². The van der Waals surface area contributed by atoms with Gasteiger partial charge in [0.1, 0.15) is 12.9 Å². The third kappa shape index (κ3) is 5.09. The lowest BCUT2D eigenvalue weighted by Crippen LogP contribution is -2.50. The summed E-state index contributed by atoms with van der Waals surface area (Å²) in [6, 6.07) is 9.26. The molecule has 0 saturated heterocycles. The number of amides is 1. The van der Waals surface area contributed by atoms with Gasteiger partial charge in [0.2, 0.25) is 5.44 Å². The molecular weight excluding hydrogens is 420 g/mol. The van der Waals surface area contributed by atoms with E-state index >= 15 is 0 Å².